The molecule has 0 unspecified atom stereocenters. The fraction of sp³-hybridized carbons (Fsp3) is 0.238. The Hall–Kier alpha value is -3.53. The summed E-state index contributed by atoms with van der Waals surface area (Å²) < 4.78 is 10.7. The van der Waals surface area contributed by atoms with Gasteiger partial charge in [0.2, 0.25) is 18.6 Å². The number of imide groups is 1. The molecule has 1 fully saturated rings. The molecule has 2 aliphatic heterocycles. The summed E-state index contributed by atoms with van der Waals surface area (Å²) in [7, 11) is 0. The summed E-state index contributed by atoms with van der Waals surface area (Å²) in [5, 5.41) is 13.9. The first kappa shape index (κ1) is 20.7. The van der Waals surface area contributed by atoms with Crippen LogP contribution in [0.15, 0.2) is 47.5 Å². The van der Waals surface area contributed by atoms with E-state index in [4.69, 9.17) is 9.47 Å². The molecule has 2 amide bonds. The molecule has 0 radical (unpaired) electrons. The van der Waals surface area contributed by atoms with E-state index in [-0.39, 0.29) is 30.6 Å². The number of rotatable bonds is 5. The number of anilines is 2. The number of fused-ring (bicyclic) bond motifs is 1. The second-order valence-corrected chi connectivity index (χ2v) is 7.88. The van der Waals surface area contributed by atoms with Crippen LogP contribution in [-0.2, 0) is 9.59 Å². The average molecular weight is 440 g/mol. The average Bonchev–Trinajstić information content (AvgIpc) is 3.32. The second-order valence-electron chi connectivity index (χ2n) is 6.68. The SMILES string of the molecule is CCN=C(Nc1ccc2c(c1)OCO2)S[C@@H]1CC(=O)N(c2ccc(C(=O)[O-])cc2)C1=O. The van der Waals surface area contributed by atoms with Gasteiger partial charge in [-0.2, -0.15) is 0 Å². The third-order valence-electron chi connectivity index (χ3n) is 4.65. The Morgan fingerprint density at radius 1 is 1.19 bits per heavy atom. The third kappa shape index (κ3) is 4.33. The second kappa shape index (κ2) is 8.68. The first-order valence-electron chi connectivity index (χ1n) is 9.52. The fourth-order valence-electron chi connectivity index (χ4n) is 3.20. The number of carbonyl (C=O) groups is 3. The van der Waals surface area contributed by atoms with E-state index in [9.17, 15) is 19.5 Å². The molecule has 0 aromatic heterocycles. The predicted molar refractivity (Wildman–Crippen MR) is 113 cm³/mol. The number of hydrogen-bond acceptors (Lipinski definition) is 8. The smallest absolute Gasteiger partial charge is 0.247 e. The minimum Gasteiger partial charge on any atom is -0.545 e. The fourth-order valence-corrected chi connectivity index (χ4v) is 4.28. The molecule has 160 valence electrons. The first-order chi connectivity index (χ1) is 15.0. The molecule has 1 atom stereocenters. The van der Waals surface area contributed by atoms with Crippen molar-refractivity contribution in [2.45, 2.75) is 18.6 Å². The molecule has 1 N–H and O–H groups in total. The third-order valence-corrected chi connectivity index (χ3v) is 5.75. The molecule has 0 saturated carbocycles. The number of ether oxygens (including phenoxy) is 2. The Labute approximate surface area is 182 Å². The molecule has 10 heteroatoms. The van der Waals surface area contributed by atoms with Crippen LogP contribution in [0.4, 0.5) is 11.4 Å². The molecule has 0 spiro atoms. The highest BCUT2D eigenvalue weighted by Crippen LogP contribution is 2.35. The van der Waals surface area contributed by atoms with E-state index in [1.54, 1.807) is 12.1 Å². The van der Waals surface area contributed by atoms with Crippen molar-refractivity contribution in [3.8, 4) is 11.5 Å². The number of carbonyl (C=O) groups excluding carboxylic acids is 3. The van der Waals surface area contributed by atoms with E-state index in [2.05, 4.69) is 10.3 Å². The van der Waals surface area contributed by atoms with Crippen LogP contribution in [0, 0.1) is 0 Å². The number of benzene rings is 2. The molecular formula is C21H18N3O6S-. The Bertz CT molecular complexity index is 1070. The molecular weight excluding hydrogens is 422 g/mol. The van der Waals surface area contributed by atoms with E-state index in [1.807, 2.05) is 13.0 Å². The van der Waals surface area contributed by atoms with Gasteiger partial charge in [-0.25, -0.2) is 4.90 Å². The summed E-state index contributed by atoms with van der Waals surface area (Å²) in [4.78, 5) is 41.8. The predicted octanol–water partition coefficient (Wildman–Crippen LogP) is 1.63. The van der Waals surface area contributed by atoms with Gasteiger partial charge in [0.05, 0.1) is 11.7 Å². The number of thioether (sulfide) groups is 1. The standard InChI is InChI=1S/C21H19N3O6S/c1-2-22-21(23-13-5-8-15-16(9-13)30-11-29-15)31-17-10-18(25)24(19(17)26)14-6-3-12(4-7-14)20(27)28/h3-9,17H,2,10-11H2,1H3,(H,22,23)(H,27,28)/p-1/t17-/m1/s1. The summed E-state index contributed by atoms with van der Waals surface area (Å²) in [6.45, 7) is 2.53. The highest BCUT2D eigenvalue weighted by atomic mass is 32.2. The highest BCUT2D eigenvalue weighted by molar-refractivity contribution is 8.15. The zero-order valence-electron chi connectivity index (χ0n) is 16.5. The molecule has 2 heterocycles. The van der Waals surface area contributed by atoms with Crippen molar-refractivity contribution >= 4 is 46.1 Å². The summed E-state index contributed by atoms with van der Waals surface area (Å²) in [6.07, 6.45) is 0.0112. The summed E-state index contributed by atoms with van der Waals surface area (Å²) in [5.41, 5.74) is 1.01. The van der Waals surface area contributed by atoms with E-state index in [1.165, 1.54) is 36.0 Å². The topological polar surface area (TPSA) is 120 Å². The van der Waals surface area contributed by atoms with Gasteiger partial charge in [0.25, 0.3) is 0 Å². The van der Waals surface area contributed by atoms with Crippen LogP contribution in [0.25, 0.3) is 0 Å². The Morgan fingerprint density at radius 2 is 1.94 bits per heavy atom. The molecule has 2 aliphatic rings. The molecule has 0 bridgehead atoms. The van der Waals surface area contributed by atoms with Gasteiger partial charge in [0, 0.05) is 24.7 Å². The zero-order chi connectivity index (χ0) is 22.0. The van der Waals surface area contributed by atoms with Gasteiger partial charge in [-0.3, -0.25) is 14.6 Å². The van der Waals surface area contributed by atoms with Gasteiger partial charge in [-0.1, -0.05) is 23.9 Å². The Kier molecular flexibility index (Phi) is 5.81. The van der Waals surface area contributed by atoms with Gasteiger partial charge < -0.3 is 24.7 Å². The van der Waals surface area contributed by atoms with Crippen LogP contribution in [0.2, 0.25) is 0 Å². The van der Waals surface area contributed by atoms with Crippen molar-refractivity contribution in [1.29, 1.82) is 0 Å². The van der Waals surface area contributed by atoms with Gasteiger partial charge >= 0.3 is 0 Å². The lowest BCUT2D eigenvalue weighted by Gasteiger charge is -2.16. The van der Waals surface area contributed by atoms with Crippen molar-refractivity contribution in [3.63, 3.8) is 0 Å². The van der Waals surface area contributed by atoms with Crippen molar-refractivity contribution in [2.24, 2.45) is 4.99 Å². The number of nitrogens with zero attached hydrogens (tertiary/aromatic N) is 2. The quantitative estimate of drug-likeness (QED) is 0.423. The van der Waals surface area contributed by atoms with Crippen molar-refractivity contribution in [3.05, 3.63) is 48.0 Å². The monoisotopic (exact) mass is 440 g/mol. The molecule has 9 nitrogen and oxygen atoms in total. The van der Waals surface area contributed by atoms with Crippen molar-refractivity contribution in [1.82, 2.24) is 0 Å². The van der Waals surface area contributed by atoms with Crippen LogP contribution < -0.4 is 24.8 Å². The van der Waals surface area contributed by atoms with E-state index in [0.29, 0.717) is 28.9 Å². The number of carboxylic acid groups (broad SMARTS) is 1. The van der Waals surface area contributed by atoms with E-state index < -0.39 is 11.2 Å². The number of amides is 2. The first-order valence-corrected chi connectivity index (χ1v) is 10.4. The van der Waals surface area contributed by atoms with Crippen LogP contribution in [0.1, 0.15) is 23.7 Å². The highest BCUT2D eigenvalue weighted by Gasteiger charge is 2.40. The van der Waals surface area contributed by atoms with Gasteiger partial charge in [0.15, 0.2) is 16.7 Å². The molecule has 0 aliphatic carbocycles. The number of amidine groups is 1. The van der Waals surface area contributed by atoms with Crippen LogP contribution >= 0.6 is 11.8 Å². The zero-order valence-corrected chi connectivity index (χ0v) is 17.3. The lowest BCUT2D eigenvalue weighted by molar-refractivity contribution is -0.255. The normalized spacial score (nSPS) is 17.9. The summed E-state index contributed by atoms with van der Waals surface area (Å²) >= 11 is 1.17. The van der Waals surface area contributed by atoms with Crippen LogP contribution in [-0.4, -0.2) is 41.5 Å². The maximum Gasteiger partial charge on any atom is 0.247 e. The number of hydrogen-bond donors (Lipinski definition) is 1. The molecule has 31 heavy (non-hydrogen) atoms. The maximum atomic E-state index is 12.9. The molecule has 1 saturated heterocycles. The largest absolute Gasteiger partial charge is 0.545 e. The number of carboxylic acids is 1. The van der Waals surface area contributed by atoms with E-state index in [0.717, 1.165) is 10.6 Å². The molecule has 2 aromatic carbocycles. The molecule has 4 rings (SSSR count). The van der Waals surface area contributed by atoms with Gasteiger partial charge in [-0.15, -0.1) is 0 Å². The minimum absolute atomic E-state index is 0.0112. The lowest BCUT2D eigenvalue weighted by Crippen LogP contribution is -2.32. The Balaban J connectivity index is 1.48. The van der Waals surface area contributed by atoms with Gasteiger partial charge in [0.1, 0.15) is 5.25 Å². The molecule has 2 aromatic rings. The Morgan fingerprint density at radius 3 is 2.65 bits per heavy atom. The van der Waals surface area contributed by atoms with Crippen molar-refractivity contribution < 1.29 is 29.0 Å². The number of aromatic carboxylic acids is 1. The number of aliphatic imine (C=N–C) groups is 1. The number of nitrogens with one attached hydrogen (secondary N) is 1. The maximum absolute atomic E-state index is 12.9. The van der Waals surface area contributed by atoms with E-state index >= 15 is 0 Å². The minimum atomic E-state index is -1.32. The van der Waals surface area contributed by atoms with Crippen molar-refractivity contribution in [2.75, 3.05) is 23.6 Å². The van der Waals surface area contributed by atoms with Crippen LogP contribution in [0.3, 0.4) is 0 Å². The van der Waals surface area contributed by atoms with Gasteiger partial charge in [-0.05, 0) is 36.8 Å². The lowest BCUT2D eigenvalue weighted by atomic mass is 10.2. The van der Waals surface area contributed by atoms with Crippen LogP contribution in [0.5, 0.6) is 11.5 Å². The summed E-state index contributed by atoms with van der Waals surface area (Å²) in [6, 6.07) is 10.8. The summed E-state index contributed by atoms with van der Waals surface area (Å²) in [5.74, 6) is -0.794.